The Morgan fingerprint density at radius 2 is 1.62 bits per heavy atom. The number of aromatic nitrogens is 3. The molecule has 0 aliphatic rings. The summed E-state index contributed by atoms with van der Waals surface area (Å²) in [6.07, 6.45) is 0. The number of amides is 1. The number of carbonyl (C=O) groups excluding carboxylic acids is 1. The normalized spacial score (nSPS) is 10.9. The number of ether oxygens (including phenoxy) is 1. The Morgan fingerprint density at radius 1 is 0.931 bits per heavy atom. The molecule has 4 rings (SSSR count). The molecule has 1 amide bonds. The largest absolute Gasteiger partial charge is 0.494 e. The van der Waals surface area contributed by atoms with Gasteiger partial charge in [0.1, 0.15) is 16.8 Å². The van der Waals surface area contributed by atoms with Crippen LogP contribution < -0.4 is 10.1 Å². The van der Waals surface area contributed by atoms with Crippen LogP contribution in [0.2, 0.25) is 0 Å². The molecule has 1 aromatic heterocycles. The van der Waals surface area contributed by atoms with Crippen LogP contribution in [0.5, 0.6) is 5.75 Å². The highest BCUT2D eigenvalue weighted by Gasteiger charge is 2.10. The Bertz CT molecular complexity index is 1160. The molecular weight excluding hydrogens is 364 g/mol. The van der Waals surface area contributed by atoms with E-state index in [-0.39, 0.29) is 5.91 Å². The van der Waals surface area contributed by atoms with Crippen LogP contribution in [0.15, 0.2) is 60.7 Å². The number of fused-ring (bicyclic) bond motifs is 1. The van der Waals surface area contributed by atoms with Gasteiger partial charge in [0.05, 0.1) is 12.3 Å². The topological polar surface area (TPSA) is 69.0 Å². The quantitative estimate of drug-likeness (QED) is 0.540. The van der Waals surface area contributed by atoms with Crippen molar-refractivity contribution in [2.45, 2.75) is 20.8 Å². The van der Waals surface area contributed by atoms with Crippen LogP contribution in [0, 0.1) is 13.8 Å². The highest BCUT2D eigenvalue weighted by molar-refractivity contribution is 6.05. The zero-order valence-electron chi connectivity index (χ0n) is 16.6. The maximum absolute atomic E-state index is 12.6. The summed E-state index contributed by atoms with van der Waals surface area (Å²) in [6, 6.07) is 18.9. The molecule has 0 fully saturated rings. The second-order valence-electron chi connectivity index (χ2n) is 6.95. The van der Waals surface area contributed by atoms with Crippen LogP contribution >= 0.6 is 0 Å². The van der Waals surface area contributed by atoms with Crippen molar-refractivity contribution in [1.29, 1.82) is 0 Å². The van der Waals surface area contributed by atoms with Crippen molar-refractivity contribution in [3.63, 3.8) is 0 Å². The van der Waals surface area contributed by atoms with Gasteiger partial charge >= 0.3 is 0 Å². The first-order chi connectivity index (χ1) is 14.0. The molecule has 1 heterocycles. The van der Waals surface area contributed by atoms with Gasteiger partial charge in [0, 0.05) is 11.3 Å². The Balaban J connectivity index is 1.57. The monoisotopic (exact) mass is 386 g/mol. The number of rotatable bonds is 5. The highest BCUT2D eigenvalue weighted by Crippen LogP contribution is 2.20. The molecule has 0 saturated carbocycles. The molecule has 0 atom stereocenters. The number of benzene rings is 3. The Hall–Kier alpha value is -3.67. The summed E-state index contributed by atoms with van der Waals surface area (Å²) in [4.78, 5) is 14.2. The zero-order chi connectivity index (χ0) is 20.4. The van der Waals surface area contributed by atoms with Gasteiger partial charge in [0.25, 0.3) is 5.91 Å². The first-order valence-electron chi connectivity index (χ1n) is 9.52. The molecule has 3 aromatic carbocycles. The molecule has 0 radical (unpaired) electrons. The van der Waals surface area contributed by atoms with Gasteiger partial charge in [-0.1, -0.05) is 17.2 Å². The van der Waals surface area contributed by atoms with Crippen molar-refractivity contribution in [2.75, 3.05) is 11.9 Å². The molecule has 146 valence electrons. The van der Waals surface area contributed by atoms with Crippen LogP contribution in [0.3, 0.4) is 0 Å². The molecule has 4 aromatic rings. The van der Waals surface area contributed by atoms with Crippen LogP contribution in [-0.4, -0.2) is 27.5 Å². The maximum Gasteiger partial charge on any atom is 0.255 e. The summed E-state index contributed by atoms with van der Waals surface area (Å²) >= 11 is 0. The second kappa shape index (κ2) is 7.75. The van der Waals surface area contributed by atoms with E-state index in [0.717, 1.165) is 28.1 Å². The van der Waals surface area contributed by atoms with E-state index in [1.807, 2.05) is 81.4 Å². The number of hydrogen-bond donors (Lipinski definition) is 1. The standard InChI is InChI=1S/C23H22N4O2/c1-4-29-20-8-6-19(7-9-20)27-25-21-10-5-18(14-22(21)26-27)24-23(28)17-12-15(2)11-16(3)13-17/h5-14H,4H2,1-3H3,(H,24,28). The van der Waals surface area contributed by atoms with Crippen LogP contribution in [0.25, 0.3) is 16.7 Å². The van der Waals surface area contributed by atoms with E-state index < -0.39 is 0 Å². The number of anilines is 1. The maximum atomic E-state index is 12.6. The first-order valence-corrected chi connectivity index (χ1v) is 9.52. The van der Waals surface area contributed by atoms with Gasteiger partial charge in [-0.15, -0.1) is 10.2 Å². The van der Waals surface area contributed by atoms with E-state index in [1.54, 1.807) is 4.80 Å². The summed E-state index contributed by atoms with van der Waals surface area (Å²) in [5.74, 6) is 0.666. The van der Waals surface area contributed by atoms with Gasteiger partial charge < -0.3 is 10.1 Å². The fraction of sp³-hybridized carbons (Fsp3) is 0.174. The molecular formula is C23H22N4O2. The molecule has 6 nitrogen and oxygen atoms in total. The van der Waals surface area contributed by atoms with Crippen LogP contribution in [0.1, 0.15) is 28.4 Å². The SMILES string of the molecule is CCOc1ccc(-n2nc3ccc(NC(=O)c4cc(C)cc(C)c4)cc3n2)cc1. The number of nitrogens with zero attached hydrogens (tertiary/aromatic N) is 3. The minimum atomic E-state index is -0.143. The third-order valence-electron chi connectivity index (χ3n) is 4.50. The van der Waals surface area contributed by atoms with Crippen molar-refractivity contribution in [2.24, 2.45) is 0 Å². The van der Waals surface area contributed by atoms with Gasteiger partial charge in [-0.2, -0.15) is 4.80 Å². The van der Waals surface area contributed by atoms with Gasteiger partial charge in [-0.25, -0.2) is 0 Å². The van der Waals surface area contributed by atoms with E-state index >= 15 is 0 Å². The van der Waals surface area contributed by atoms with Gasteiger partial charge in [0.15, 0.2) is 0 Å². The molecule has 6 heteroatoms. The molecule has 0 spiro atoms. The van der Waals surface area contributed by atoms with Crippen LogP contribution in [-0.2, 0) is 0 Å². The van der Waals surface area contributed by atoms with Gasteiger partial charge in [-0.05, 0) is 75.4 Å². The average molecular weight is 386 g/mol. The van der Waals surface area contributed by atoms with Crippen molar-refractivity contribution < 1.29 is 9.53 Å². The van der Waals surface area contributed by atoms with E-state index in [0.29, 0.717) is 23.4 Å². The minimum absolute atomic E-state index is 0.143. The lowest BCUT2D eigenvalue weighted by Crippen LogP contribution is -2.12. The predicted octanol–water partition coefficient (Wildman–Crippen LogP) is 4.69. The number of nitrogens with one attached hydrogen (secondary N) is 1. The van der Waals surface area contributed by atoms with E-state index in [9.17, 15) is 4.79 Å². The lowest BCUT2D eigenvalue weighted by atomic mass is 10.1. The van der Waals surface area contributed by atoms with Crippen molar-refractivity contribution in [1.82, 2.24) is 15.0 Å². The summed E-state index contributed by atoms with van der Waals surface area (Å²) in [5, 5.41) is 12.0. The molecule has 1 N–H and O–H groups in total. The van der Waals surface area contributed by atoms with Gasteiger partial charge in [0.2, 0.25) is 0 Å². The van der Waals surface area contributed by atoms with Crippen molar-refractivity contribution >= 4 is 22.6 Å². The average Bonchev–Trinajstić information content (AvgIpc) is 3.11. The van der Waals surface area contributed by atoms with E-state index in [1.165, 1.54) is 0 Å². The molecule has 29 heavy (non-hydrogen) atoms. The molecule has 0 bridgehead atoms. The third-order valence-corrected chi connectivity index (χ3v) is 4.50. The lowest BCUT2D eigenvalue weighted by Gasteiger charge is -2.07. The molecule has 0 aliphatic carbocycles. The Labute approximate surface area is 169 Å². The fourth-order valence-corrected chi connectivity index (χ4v) is 3.26. The molecule has 0 saturated heterocycles. The predicted molar refractivity (Wildman–Crippen MR) is 114 cm³/mol. The Morgan fingerprint density at radius 3 is 2.31 bits per heavy atom. The second-order valence-corrected chi connectivity index (χ2v) is 6.95. The van der Waals surface area contributed by atoms with Crippen molar-refractivity contribution in [3.8, 4) is 11.4 Å². The summed E-state index contributed by atoms with van der Waals surface area (Å²) in [6.45, 7) is 6.54. The summed E-state index contributed by atoms with van der Waals surface area (Å²) in [7, 11) is 0. The first kappa shape index (κ1) is 18.7. The van der Waals surface area contributed by atoms with Gasteiger partial charge in [-0.3, -0.25) is 4.79 Å². The number of carbonyl (C=O) groups is 1. The van der Waals surface area contributed by atoms with E-state index in [2.05, 4.69) is 15.5 Å². The summed E-state index contributed by atoms with van der Waals surface area (Å²) in [5.41, 5.74) is 5.74. The lowest BCUT2D eigenvalue weighted by molar-refractivity contribution is 0.102. The minimum Gasteiger partial charge on any atom is -0.494 e. The smallest absolute Gasteiger partial charge is 0.255 e. The fourth-order valence-electron chi connectivity index (χ4n) is 3.26. The zero-order valence-corrected chi connectivity index (χ0v) is 16.6. The Kier molecular flexibility index (Phi) is 4.99. The van der Waals surface area contributed by atoms with E-state index in [4.69, 9.17) is 4.74 Å². The third kappa shape index (κ3) is 4.11. The number of hydrogen-bond acceptors (Lipinski definition) is 4. The highest BCUT2D eigenvalue weighted by atomic mass is 16.5. The van der Waals surface area contributed by atoms with Crippen molar-refractivity contribution in [3.05, 3.63) is 77.4 Å². The summed E-state index contributed by atoms with van der Waals surface area (Å²) < 4.78 is 5.47. The molecule has 0 unspecified atom stereocenters. The molecule has 0 aliphatic heterocycles. The van der Waals surface area contributed by atoms with Crippen LogP contribution in [0.4, 0.5) is 5.69 Å². The number of aryl methyl sites for hydroxylation is 2.